The molecule has 2 aliphatic rings. The molecular weight excluding hydrogens is 332 g/mol. The van der Waals surface area contributed by atoms with Crippen molar-refractivity contribution in [1.82, 2.24) is 9.80 Å². The summed E-state index contributed by atoms with van der Waals surface area (Å²) in [7, 11) is 1.64. The van der Waals surface area contributed by atoms with E-state index >= 15 is 0 Å². The molecule has 26 heavy (non-hydrogen) atoms. The summed E-state index contributed by atoms with van der Waals surface area (Å²) in [6.07, 6.45) is 3.30. The first-order chi connectivity index (χ1) is 12.6. The van der Waals surface area contributed by atoms with Crippen molar-refractivity contribution in [3.05, 3.63) is 24.3 Å². The van der Waals surface area contributed by atoms with Crippen LogP contribution in [-0.2, 0) is 9.59 Å². The van der Waals surface area contributed by atoms with E-state index < -0.39 is 0 Å². The Hall–Kier alpha value is -2.24. The van der Waals surface area contributed by atoms with Gasteiger partial charge in [-0.1, -0.05) is 0 Å². The number of nitrogens with zero attached hydrogens (tertiary/aromatic N) is 2. The van der Waals surface area contributed by atoms with Gasteiger partial charge in [0.2, 0.25) is 11.8 Å². The molecule has 1 aromatic rings. The van der Waals surface area contributed by atoms with Gasteiger partial charge in [0.1, 0.15) is 11.5 Å². The SMILES string of the molecule is COc1ccc(OCC2CCN(C(=O)CN3C(=O)CCC3C)CC2)cc1. The van der Waals surface area contributed by atoms with Crippen LogP contribution in [0, 0.1) is 5.92 Å². The molecule has 2 fully saturated rings. The van der Waals surface area contributed by atoms with E-state index in [0.29, 0.717) is 18.9 Å². The smallest absolute Gasteiger partial charge is 0.242 e. The van der Waals surface area contributed by atoms with Gasteiger partial charge in [0.25, 0.3) is 0 Å². The maximum absolute atomic E-state index is 12.5. The van der Waals surface area contributed by atoms with Crippen LogP contribution in [0.2, 0.25) is 0 Å². The summed E-state index contributed by atoms with van der Waals surface area (Å²) in [5, 5.41) is 0. The second kappa shape index (κ2) is 8.43. The third-order valence-electron chi connectivity index (χ3n) is 5.45. The topological polar surface area (TPSA) is 59.1 Å². The van der Waals surface area contributed by atoms with E-state index in [-0.39, 0.29) is 24.4 Å². The molecular formula is C20H28N2O4. The minimum atomic E-state index is 0.0709. The lowest BCUT2D eigenvalue weighted by Gasteiger charge is -2.33. The van der Waals surface area contributed by atoms with E-state index in [1.165, 1.54) is 0 Å². The van der Waals surface area contributed by atoms with Crippen molar-refractivity contribution < 1.29 is 19.1 Å². The van der Waals surface area contributed by atoms with E-state index in [9.17, 15) is 9.59 Å². The normalized spacial score (nSPS) is 21.2. The number of ether oxygens (including phenoxy) is 2. The third kappa shape index (κ3) is 4.48. The van der Waals surface area contributed by atoms with Gasteiger partial charge in [0, 0.05) is 25.6 Å². The van der Waals surface area contributed by atoms with Crippen molar-refractivity contribution in [2.75, 3.05) is 33.4 Å². The molecule has 0 radical (unpaired) electrons. The van der Waals surface area contributed by atoms with Crippen molar-refractivity contribution in [2.45, 2.75) is 38.6 Å². The summed E-state index contributed by atoms with van der Waals surface area (Å²) in [5.74, 6) is 2.28. The van der Waals surface area contributed by atoms with Gasteiger partial charge in [-0.05, 0) is 56.4 Å². The Labute approximate surface area is 155 Å². The first kappa shape index (κ1) is 18.5. The van der Waals surface area contributed by atoms with Crippen molar-refractivity contribution in [1.29, 1.82) is 0 Å². The minimum Gasteiger partial charge on any atom is -0.497 e. The largest absolute Gasteiger partial charge is 0.497 e. The lowest BCUT2D eigenvalue weighted by Crippen LogP contribution is -2.46. The highest BCUT2D eigenvalue weighted by molar-refractivity contribution is 5.86. The van der Waals surface area contributed by atoms with Crippen LogP contribution in [-0.4, -0.2) is 61.0 Å². The molecule has 0 spiro atoms. The lowest BCUT2D eigenvalue weighted by atomic mass is 9.97. The number of methoxy groups -OCH3 is 1. The summed E-state index contributed by atoms with van der Waals surface area (Å²) in [6.45, 7) is 4.39. The van der Waals surface area contributed by atoms with Crippen LogP contribution in [0.1, 0.15) is 32.6 Å². The molecule has 6 heteroatoms. The molecule has 142 valence electrons. The molecule has 6 nitrogen and oxygen atoms in total. The zero-order valence-electron chi connectivity index (χ0n) is 15.6. The first-order valence-electron chi connectivity index (χ1n) is 9.41. The molecule has 1 unspecified atom stereocenters. The molecule has 0 N–H and O–H groups in total. The van der Waals surface area contributed by atoms with Crippen LogP contribution >= 0.6 is 0 Å². The molecule has 1 atom stereocenters. The quantitative estimate of drug-likeness (QED) is 0.781. The molecule has 3 rings (SSSR count). The van der Waals surface area contributed by atoms with Gasteiger partial charge in [-0.15, -0.1) is 0 Å². The van der Waals surface area contributed by atoms with Crippen molar-refractivity contribution >= 4 is 11.8 Å². The lowest BCUT2D eigenvalue weighted by molar-refractivity contribution is -0.140. The Balaban J connectivity index is 1.40. The number of carbonyl (C=O) groups is 2. The average molecular weight is 360 g/mol. The Kier molecular flexibility index (Phi) is 6.01. The number of amides is 2. The minimum absolute atomic E-state index is 0.0709. The summed E-state index contributed by atoms with van der Waals surface area (Å²) in [5.41, 5.74) is 0. The highest BCUT2D eigenvalue weighted by atomic mass is 16.5. The van der Waals surface area contributed by atoms with Gasteiger partial charge < -0.3 is 19.3 Å². The number of hydrogen-bond donors (Lipinski definition) is 0. The van der Waals surface area contributed by atoms with Crippen molar-refractivity contribution in [3.63, 3.8) is 0 Å². The maximum Gasteiger partial charge on any atom is 0.242 e. The van der Waals surface area contributed by atoms with E-state index in [1.807, 2.05) is 36.1 Å². The second-order valence-electron chi connectivity index (χ2n) is 7.22. The molecule has 2 saturated heterocycles. The van der Waals surface area contributed by atoms with E-state index in [1.54, 1.807) is 12.0 Å². The number of hydrogen-bond acceptors (Lipinski definition) is 4. The highest BCUT2D eigenvalue weighted by Crippen LogP contribution is 2.23. The third-order valence-corrected chi connectivity index (χ3v) is 5.45. The Morgan fingerprint density at radius 3 is 2.35 bits per heavy atom. The number of rotatable bonds is 6. The summed E-state index contributed by atoms with van der Waals surface area (Å²) in [4.78, 5) is 27.9. The molecule has 0 aromatic heterocycles. The monoisotopic (exact) mass is 360 g/mol. The number of likely N-dealkylation sites (tertiary alicyclic amines) is 2. The van der Waals surface area contributed by atoms with Gasteiger partial charge in [0.05, 0.1) is 20.3 Å². The summed E-state index contributed by atoms with van der Waals surface area (Å²) in [6, 6.07) is 7.77. The molecule has 2 heterocycles. The fourth-order valence-electron chi connectivity index (χ4n) is 3.60. The predicted molar refractivity (Wildman–Crippen MR) is 98.2 cm³/mol. The average Bonchev–Trinajstić information content (AvgIpc) is 2.99. The van der Waals surface area contributed by atoms with Gasteiger partial charge in [-0.3, -0.25) is 9.59 Å². The van der Waals surface area contributed by atoms with Gasteiger partial charge in [-0.25, -0.2) is 0 Å². The number of piperidine rings is 1. The highest BCUT2D eigenvalue weighted by Gasteiger charge is 2.31. The molecule has 0 saturated carbocycles. The Bertz CT molecular complexity index is 623. The van der Waals surface area contributed by atoms with E-state index in [4.69, 9.17) is 9.47 Å². The van der Waals surface area contributed by atoms with Crippen LogP contribution in [0.4, 0.5) is 0 Å². The Morgan fingerprint density at radius 2 is 1.77 bits per heavy atom. The zero-order chi connectivity index (χ0) is 18.5. The fourth-order valence-corrected chi connectivity index (χ4v) is 3.60. The van der Waals surface area contributed by atoms with Crippen LogP contribution in [0.3, 0.4) is 0 Å². The summed E-state index contributed by atoms with van der Waals surface area (Å²) < 4.78 is 11.0. The first-order valence-corrected chi connectivity index (χ1v) is 9.41. The molecule has 0 bridgehead atoms. The molecule has 2 aliphatic heterocycles. The van der Waals surface area contributed by atoms with Crippen LogP contribution in [0.15, 0.2) is 24.3 Å². The van der Waals surface area contributed by atoms with Crippen LogP contribution in [0.5, 0.6) is 11.5 Å². The number of benzene rings is 1. The van der Waals surface area contributed by atoms with Gasteiger partial charge in [-0.2, -0.15) is 0 Å². The van der Waals surface area contributed by atoms with Crippen molar-refractivity contribution in [2.24, 2.45) is 5.92 Å². The summed E-state index contributed by atoms with van der Waals surface area (Å²) >= 11 is 0. The number of carbonyl (C=O) groups excluding carboxylic acids is 2. The zero-order valence-corrected chi connectivity index (χ0v) is 15.6. The van der Waals surface area contributed by atoms with E-state index in [2.05, 4.69) is 0 Å². The van der Waals surface area contributed by atoms with Gasteiger partial charge >= 0.3 is 0 Å². The van der Waals surface area contributed by atoms with Crippen LogP contribution < -0.4 is 9.47 Å². The molecule has 2 amide bonds. The maximum atomic E-state index is 12.5. The van der Waals surface area contributed by atoms with Crippen LogP contribution in [0.25, 0.3) is 0 Å². The fraction of sp³-hybridized carbons (Fsp3) is 0.600. The Morgan fingerprint density at radius 1 is 1.12 bits per heavy atom. The molecule has 0 aliphatic carbocycles. The van der Waals surface area contributed by atoms with Crippen molar-refractivity contribution in [3.8, 4) is 11.5 Å². The second-order valence-corrected chi connectivity index (χ2v) is 7.22. The van der Waals surface area contributed by atoms with E-state index in [0.717, 1.165) is 43.9 Å². The standard InChI is InChI=1S/C20H28N2O4/c1-15-3-8-19(23)22(15)13-20(24)21-11-9-16(10-12-21)14-26-18-6-4-17(25-2)5-7-18/h4-7,15-16H,3,8-14H2,1-2H3. The predicted octanol–water partition coefficient (Wildman–Crippen LogP) is 2.32. The van der Waals surface area contributed by atoms with Gasteiger partial charge in [0.15, 0.2) is 0 Å². The molecule has 1 aromatic carbocycles.